The Morgan fingerprint density at radius 3 is 2.48 bits per heavy atom. The molecule has 3 aliphatic rings. The lowest BCUT2D eigenvalue weighted by Crippen LogP contribution is -2.50. The highest BCUT2D eigenvalue weighted by Crippen LogP contribution is 2.49. The van der Waals surface area contributed by atoms with Crippen molar-refractivity contribution in [1.29, 1.82) is 0 Å². The zero-order chi connectivity index (χ0) is 28.1. The predicted octanol–water partition coefficient (Wildman–Crippen LogP) is 3.64. The third-order valence-corrected chi connectivity index (χ3v) is 7.65. The number of non-ortho nitro benzene ring substituents is 1. The monoisotopic (exact) mass is 540 g/mol. The van der Waals surface area contributed by atoms with Crippen molar-refractivity contribution in [1.82, 2.24) is 0 Å². The van der Waals surface area contributed by atoms with E-state index in [0.717, 1.165) is 16.2 Å². The molecule has 40 heavy (non-hydrogen) atoms. The SMILES string of the molecule is COc1ccc(OC)c(NC(=O)[C@H]2[C@@H]3C(=O)N(c4cccc([N+](=O)[O-])c4)C(=O)[C@@H]3[C@H]3C=Cc4ccccc4N32)c1. The Morgan fingerprint density at radius 2 is 1.73 bits per heavy atom. The molecule has 0 radical (unpaired) electrons. The van der Waals surface area contributed by atoms with Crippen LogP contribution in [0, 0.1) is 22.0 Å². The van der Waals surface area contributed by atoms with Gasteiger partial charge in [-0.25, -0.2) is 4.90 Å². The van der Waals surface area contributed by atoms with Crippen LogP contribution in [0.2, 0.25) is 0 Å². The van der Waals surface area contributed by atoms with Gasteiger partial charge in [0.1, 0.15) is 17.5 Å². The maximum absolute atomic E-state index is 14.1. The van der Waals surface area contributed by atoms with Crippen LogP contribution in [0.3, 0.4) is 0 Å². The zero-order valence-corrected chi connectivity index (χ0v) is 21.5. The molecular weight excluding hydrogens is 516 g/mol. The lowest BCUT2D eigenvalue weighted by molar-refractivity contribution is -0.384. The molecule has 3 aliphatic heterocycles. The fraction of sp³-hybridized carbons (Fsp3) is 0.207. The number of carbonyl (C=O) groups is 3. The van der Waals surface area contributed by atoms with Gasteiger partial charge in [0.2, 0.25) is 17.7 Å². The number of fused-ring (bicyclic) bond motifs is 5. The van der Waals surface area contributed by atoms with Gasteiger partial charge in [0.15, 0.2) is 0 Å². The summed E-state index contributed by atoms with van der Waals surface area (Å²) in [7, 11) is 2.97. The Balaban J connectivity index is 1.44. The summed E-state index contributed by atoms with van der Waals surface area (Å²) in [6.45, 7) is 0. The molecule has 4 atom stereocenters. The molecule has 3 aromatic carbocycles. The fourth-order valence-electron chi connectivity index (χ4n) is 5.93. The smallest absolute Gasteiger partial charge is 0.271 e. The van der Waals surface area contributed by atoms with Crippen LogP contribution in [0.15, 0.2) is 72.8 Å². The molecule has 11 nitrogen and oxygen atoms in total. The van der Waals surface area contributed by atoms with Gasteiger partial charge < -0.3 is 19.7 Å². The number of amides is 3. The molecule has 3 amide bonds. The van der Waals surface area contributed by atoms with Crippen LogP contribution >= 0.6 is 0 Å². The first-order valence-electron chi connectivity index (χ1n) is 12.5. The number of nitro benzene ring substituents is 1. The first kappa shape index (κ1) is 25.1. The van der Waals surface area contributed by atoms with Crippen LogP contribution in [-0.2, 0) is 14.4 Å². The molecule has 0 bridgehead atoms. The van der Waals surface area contributed by atoms with Crippen molar-refractivity contribution in [3.8, 4) is 11.5 Å². The number of nitro groups is 1. The van der Waals surface area contributed by atoms with E-state index in [0.29, 0.717) is 17.2 Å². The highest BCUT2D eigenvalue weighted by Gasteiger charge is 2.64. The van der Waals surface area contributed by atoms with Crippen LogP contribution in [-0.4, -0.2) is 48.9 Å². The van der Waals surface area contributed by atoms with Crippen molar-refractivity contribution in [3.05, 3.63) is 88.5 Å². The lowest BCUT2D eigenvalue weighted by Gasteiger charge is -2.36. The topological polar surface area (TPSA) is 131 Å². The highest BCUT2D eigenvalue weighted by molar-refractivity contribution is 6.25. The van der Waals surface area contributed by atoms with E-state index in [9.17, 15) is 24.5 Å². The normalized spacial score (nSPS) is 22.4. The molecule has 202 valence electrons. The number of benzene rings is 3. The van der Waals surface area contributed by atoms with Crippen molar-refractivity contribution < 1.29 is 28.8 Å². The van der Waals surface area contributed by atoms with E-state index in [-0.39, 0.29) is 11.4 Å². The number of carbonyl (C=O) groups excluding carboxylic acids is 3. The molecule has 11 heteroatoms. The number of hydrogen-bond donors (Lipinski definition) is 1. The van der Waals surface area contributed by atoms with Gasteiger partial charge in [0, 0.05) is 23.9 Å². The van der Waals surface area contributed by atoms with E-state index in [2.05, 4.69) is 5.32 Å². The van der Waals surface area contributed by atoms with E-state index in [1.165, 1.54) is 38.5 Å². The van der Waals surface area contributed by atoms with Crippen molar-refractivity contribution in [2.45, 2.75) is 12.1 Å². The second-order valence-electron chi connectivity index (χ2n) is 9.66. The minimum absolute atomic E-state index is 0.0963. The average molecular weight is 541 g/mol. The molecule has 3 heterocycles. The molecule has 0 unspecified atom stereocenters. The van der Waals surface area contributed by atoms with Crippen molar-refractivity contribution >= 4 is 46.5 Å². The quantitative estimate of drug-likeness (QED) is 0.285. The first-order valence-corrected chi connectivity index (χ1v) is 12.5. The van der Waals surface area contributed by atoms with Crippen LogP contribution in [0.5, 0.6) is 11.5 Å². The van der Waals surface area contributed by atoms with E-state index in [1.807, 2.05) is 41.3 Å². The summed E-state index contributed by atoms with van der Waals surface area (Å²) in [6.07, 6.45) is 3.72. The summed E-state index contributed by atoms with van der Waals surface area (Å²) in [5.41, 5.74) is 1.78. The summed E-state index contributed by atoms with van der Waals surface area (Å²) in [6, 6.07) is 16.2. The molecule has 0 aromatic heterocycles. The van der Waals surface area contributed by atoms with E-state index in [1.54, 1.807) is 18.2 Å². The summed E-state index contributed by atoms with van der Waals surface area (Å²) < 4.78 is 10.7. The van der Waals surface area contributed by atoms with Crippen molar-refractivity contribution in [3.63, 3.8) is 0 Å². The van der Waals surface area contributed by atoms with Gasteiger partial charge in [0.25, 0.3) is 5.69 Å². The summed E-state index contributed by atoms with van der Waals surface area (Å²) in [5.74, 6) is -2.63. The number of hydrogen-bond acceptors (Lipinski definition) is 8. The second kappa shape index (κ2) is 9.53. The van der Waals surface area contributed by atoms with Crippen LogP contribution < -0.4 is 24.6 Å². The fourth-order valence-corrected chi connectivity index (χ4v) is 5.93. The predicted molar refractivity (Wildman–Crippen MR) is 146 cm³/mol. The van der Waals surface area contributed by atoms with Crippen LogP contribution in [0.25, 0.3) is 6.08 Å². The maximum Gasteiger partial charge on any atom is 0.271 e. The molecule has 1 N–H and O–H groups in total. The molecule has 3 aromatic rings. The standard InChI is InChI=1S/C29H24N4O7/c1-39-19-11-13-23(40-2)20(15-19)30-27(34)26-25-24(22-12-10-16-6-3-4-9-21(16)32(22)26)28(35)31(29(25)36)17-7-5-8-18(14-17)33(37)38/h3-15,22,24-26H,1-2H3,(H,30,34)/t22-,24-,25-,26-/m1/s1. The largest absolute Gasteiger partial charge is 0.497 e. The van der Waals surface area contributed by atoms with Gasteiger partial charge in [-0.15, -0.1) is 0 Å². The molecular formula is C29H24N4O7. The molecule has 6 rings (SSSR count). The number of para-hydroxylation sites is 1. The van der Waals surface area contributed by atoms with E-state index in [4.69, 9.17) is 9.47 Å². The molecule has 0 saturated carbocycles. The molecule has 2 saturated heterocycles. The lowest BCUT2D eigenvalue weighted by atomic mass is 9.88. The van der Waals surface area contributed by atoms with Gasteiger partial charge in [-0.3, -0.25) is 24.5 Å². The second-order valence-corrected chi connectivity index (χ2v) is 9.66. The number of nitrogens with one attached hydrogen (secondary N) is 1. The Morgan fingerprint density at radius 1 is 0.950 bits per heavy atom. The number of ether oxygens (including phenoxy) is 2. The Bertz CT molecular complexity index is 1600. The van der Waals surface area contributed by atoms with Gasteiger partial charge in [-0.1, -0.05) is 36.4 Å². The Labute approximate surface area is 228 Å². The van der Waals surface area contributed by atoms with E-state index < -0.39 is 46.6 Å². The van der Waals surface area contributed by atoms with Gasteiger partial charge >= 0.3 is 0 Å². The van der Waals surface area contributed by atoms with Crippen LogP contribution in [0.4, 0.5) is 22.7 Å². The van der Waals surface area contributed by atoms with Gasteiger partial charge in [-0.2, -0.15) is 0 Å². The molecule has 2 fully saturated rings. The Hall–Kier alpha value is -5.19. The first-order chi connectivity index (χ1) is 19.3. The van der Waals surface area contributed by atoms with Gasteiger partial charge in [-0.05, 0) is 29.8 Å². The minimum Gasteiger partial charge on any atom is -0.497 e. The van der Waals surface area contributed by atoms with Crippen LogP contribution in [0.1, 0.15) is 5.56 Å². The van der Waals surface area contributed by atoms with Crippen molar-refractivity contribution in [2.24, 2.45) is 11.8 Å². The number of methoxy groups -OCH3 is 2. The average Bonchev–Trinajstić information content (AvgIpc) is 3.45. The number of anilines is 3. The number of imide groups is 1. The summed E-state index contributed by atoms with van der Waals surface area (Å²) >= 11 is 0. The number of nitrogens with zero attached hydrogens (tertiary/aromatic N) is 3. The highest BCUT2D eigenvalue weighted by atomic mass is 16.6. The summed E-state index contributed by atoms with van der Waals surface area (Å²) in [4.78, 5) is 55.5. The van der Waals surface area contributed by atoms with E-state index >= 15 is 0 Å². The molecule has 0 aliphatic carbocycles. The third kappa shape index (κ3) is 3.77. The third-order valence-electron chi connectivity index (χ3n) is 7.65. The zero-order valence-electron chi connectivity index (χ0n) is 21.5. The maximum atomic E-state index is 14.1. The molecule has 0 spiro atoms. The van der Waals surface area contributed by atoms with Gasteiger partial charge in [0.05, 0.1) is 48.4 Å². The number of rotatable bonds is 6. The minimum atomic E-state index is -1.06. The summed E-state index contributed by atoms with van der Waals surface area (Å²) in [5, 5.41) is 14.3. The van der Waals surface area contributed by atoms with Crippen molar-refractivity contribution in [2.75, 3.05) is 29.3 Å². The Kier molecular flexibility index (Phi) is 5.98.